The van der Waals surface area contributed by atoms with Crippen molar-refractivity contribution in [3.8, 4) is 11.8 Å². The van der Waals surface area contributed by atoms with Crippen molar-refractivity contribution in [3.63, 3.8) is 0 Å². The van der Waals surface area contributed by atoms with Crippen molar-refractivity contribution in [2.75, 3.05) is 6.61 Å². The van der Waals surface area contributed by atoms with Crippen molar-refractivity contribution < 1.29 is 4.43 Å². The van der Waals surface area contributed by atoms with Crippen molar-refractivity contribution in [2.45, 2.75) is 77.9 Å². The maximum Gasteiger partial charge on any atom is 0.192 e. The molecule has 17 heavy (non-hydrogen) atoms. The van der Waals surface area contributed by atoms with Gasteiger partial charge in [-0.3, -0.25) is 0 Å². The van der Waals surface area contributed by atoms with E-state index in [1.807, 2.05) is 0 Å². The third-order valence-electron chi connectivity index (χ3n) is 3.53. The van der Waals surface area contributed by atoms with Crippen LogP contribution in [-0.2, 0) is 4.43 Å². The smallest absolute Gasteiger partial charge is 0.192 e. The molecule has 0 amide bonds. The molecule has 0 atom stereocenters. The number of hydrogen-bond acceptors (Lipinski definition) is 1. The first-order valence-corrected chi connectivity index (χ1v) is 9.82. The molecule has 0 fully saturated rings. The number of unbranched alkanes of at least 4 members (excludes halogenated alkanes) is 3. The Morgan fingerprint density at radius 2 is 1.59 bits per heavy atom. The summed E-state index contributed by atoms with van der Waals surface area (Å²) in [7, 11) is -1.55. The summed E-state index contributed by atoms with van der Waals surface area (Å²) in [6.07, 6.45) is 5.75. The van der Waals surface area contributed by atoms with E-state index in [-0.39, 0.29) is 0 Å². The molecular weight excluding hydrogens is 224 g/mol. The van der Waals surface area contributed by atoms with Gasteiger partial charge >= 0.3 is 0 Å². The Labute approximate surface area is 109 Å². The van der Waals surface area contributed by atoms with Crippen LogP contribution in [0.3, 0.4) is 0 Å². The Balaban J connectivity index is 3.71. The van der Waals surface area contributed by atoms with E-state index in [9.17, 15) is 0 Å². The Morgan fingerprint density at radius 1 is 1.00 bits per heavy atom. The fraction of sp³-hybridized carbons (Fsp3) is 0.867. The van der Waals surface area contributed by atoms with Gasteiger partial charge in [0.25, 0.3) is 0 Å². The van der Waals surface area contributed by atoms with Crippen LogP contribution in [0.25, 0.3) is 0 Å². The quantitative estimate of drug-likeness (QED) is 0.369. The fourth-order valence-electron chi connectivity index (χ4n) is 1.21. The molecule has 2 heteroatoms. The summed E-state index contributed by atoms with van der Waals surface area (Å²) in [5.74, 6) is 6.45. The van der Waals surface area contributed by atoms with Crippen molar-refractivity contribution in [1.29, 1.82) is 0 Å². The highest BCUT2D eigenvalue weighted by Crippen LogP contribution is 2.36. The lowest BCUT2D eigenvalue weighted by Gasteiger charge is -2.35. The minimum absolute atomic E-state index is 0.307. The Bertz CT molecular complexity index is 252. The van der Waals surface area contributed by atoms with Gasteiger partial charge in [-0.25, -0.2) is 0 Å². The standard InChI is InChI=1S/C15H30OSi/c1-7-8-9-10-11-12-13-14-16-17(5,6)15(2,3)4/h7-10,13-14H2,1-6H3. The molecule has 0 aromatic heterocycles. The molecule has 0 saturated carbocycles. The first kappa shape index (κ1) is 16.7. The second-order valence-corrected chi connectivity index (χ2v) is 11.0. The summed E-state index contributed by atoms with van der Waals surface area (Å²) in [6.45, 7) is 14.4. The molecule has 0 saturated heterocycles. The molecule has 0 rings (SSSR count). The highest BCUT2D eigenvalue weighted by Gasteiger charge is 2.36. The van der Waals surface area contributed by atoms with E-state index in [1.54, 1.807) is 0 Å². The van der Waals surface area contributed by atoms with E-state index in [1.165, 1.54) is 19.3 Å². The van der Waals surface area contributed by atoms with Gasteiger partial charge in [0.1, 0.15) is 0 Å². The van der Waals surface area contributed by atoms with Crippen LogP contribution < -0.4 is 0 Å². The predicted octanol–water partition coefficient (Wildman–Crippen LogP) is 4.98. The monoisotopic (exact) mass is 254 g/mol. The van der Waals surface area contributed by atoms with Crippen molar-refractivity contribution >= 4 is 8.32 Å². The molecule has 0 N–H and O–H groups in total. The number of rotatable bonds is 6. The van der Waals surface area contributed by atoms with Gasteiger partial charge in [-0.2, -0.15) is 0 Å². The molecule has 0 aliphatic heterocycles. The normalized spacial score (nSPS) is 12.1. The topological polar surface area (TPSA) is 9.23 Å². The second kappa shape index (κ2) is 7.95. The summed E-state index contributed by atoms with van der Waals surface area (Å²) < 4.78 is 6.06. The molecular formula is C15H30OSi. The maximum atomic E-state index is 6.06. The van der Waals surface area contributed by atoms with Crippen molar-refractivity contribution in [2.24, 2.45) is 0 Å². The SMILES string of the molecule is CCCCCC#CCCO[Si](C)(C)C(C)(C)C. The second-order valence-electron chi connectivity index (χ2n) is 6.17. The van der Waals surface area contributed by atoms with Crippen LogP contribution in [0, 0.1) is 11.8 Å². The van der Waals surface area contributed by atoms with E-state index in [2.05, 4.69) is 52.6 Å². The molecule has 0 aromatic carbocycles. The van der Waals surface area contributed by atoms with Crippen LogP contribution in [0.2, 0.25) is 18.1 Å². The molecule has 1 nitrogen and oxygen atoms in total. The third-order valence-corrected chi connectivity index (χ3v) is 8.06. The van der Waals surface area contributed by atoms with Gasteiger partial charge in [0.05, 0.1) is 0 Å². The molecule has 0 heterocycles. The molecule has 0 bridgehead atoms. The van der Waals surface area contributed by atoms with Gasteiger partial charge in [0, 0.05) is 19.4 Å². The van der Waals surface area contributed by atoms with E-state index < -0.39 is 8.32 Å². The van der Waals surface area contributed by atoms with E-state index in [0.717, 1.165) is 19.4 Å². The first-order valence-electron chi connectivity index (χ1n) is 6.91. The highest BCUT2D eigenvalue weighted by atomic mass is 28.4. The molecule has 0 aliphatic rings. The summed E-state index contributed by atoms with van der Waals surface area (Å²) in [5.41, 5.74) is 0. The van der Waals surface area contributed by atoms with E-state index >= 15 is 0 Å². The molecule has 0 unspecified atom stereocenters. The largest absolute Gasteiger partial charge is 0.416 e. The maximum absolute atomic E-state index is 6.06. The Hall–Kier alpha value is -0.263. The van der Waals surface area contributed by atoms with Gasteiger partial charge in [0.15, 0.2) is 8.32 Å². The van der Waals surface area contributed by atoms with Crippen LogP contribution >= 0.6 is 0 Å². The molecule has 100 valence electrons. The Morgan fingerprint density at radius 3 is 2.12 bits per heavy atom. The highest BCUT2D eigenvalue weighted by molar-refractivity contribution is 6.74. The number of hydrogen-bond donors (Lipinski definition) is 0. The van der Waals surface area contributed by atoms with Crippen molar-refractivity contribution in [3.05, 3.63) is 0 Å². The summed E-state index contributed by atoms with van der Waals surface area (Å²) in [5, 5.41) is 0.307. The summed E-state index contributed by atoms with van der Waals surface area (Å²) in [6, 6.07) is 0. The van der Waals surface area contributed by atoms with Crippen molar-refractivity contribution in [1.82, 2.24) is 0 Å². The van der Waals surface area contributed by atoms with Crippen LogP contribution in [0.15, 0.2) is 0 Å². The van der Waals surface area contributed by atoms with E-state index in [0.29, 0.717) is 5.04 Å². The molecule has 0 aliphatic carbocycles. The average Bonchev–Trinajstić information content (AvgIpc) is 2.20. The minimum atomic E-state index is -1.55. The van der Waals surface area contributed by atoms with Crippen LogP contribution in [0.5, 0.6) is 0 Å². The fourth-order valence-corrected chi connectivity index (χ4v) is 2.26. The molecule has 0 radical (unpaired) electrons. The predicted molar refractivity (Wildman–Crippen MR) is 79.7 cm³/mol. The summed E-state index contributed by atoms with van der Waals surface area (Å²) in [4.78, 5) is 0. The van der Waals surface area contributed by atoms with Gasteiger partial charge in [-0.15, -0.1) is 11.8 Å². The lowest BCUT2D eigenvalue weighted by atomic mass is 10.2. The van der Waals surface area contributed by atoms with Crippen LogP contribution in [0.1, 0.15) is 59.8 Å². The molecule has 0 spiro atoms. The van der Waals surface area contributed by atoms with E-state index in [4.69, 9.17) is 4.43 Å². The molecule has 0 aromatic rings. The van der Waals surface area contributed by atoms with Crippen LogP contribution in [0.4, 0.5) is 0 Å². The lowest BCUT2D eigenvalue weighted by molar-refractivity contribution is 0.296. The van der Waals surface area contributed by atoms with Gasteiger partial charge in [-0.05, 0) is 24.6 Å². The average molecular weight is 254 g/mol. The summed E-state index contributed by atoms with van der Waals surface area (Å²) >= 11 is 0. The zero-order chi connectivity index (χ0) is 13.4. The lowest BCUT2D eigenvalue weighted by Crippen LogP contribution is -2.40. The van der Waals surface area contributed by atoms with Gasteiger partial charge in [0.2, 0.25) is 0 Å². The zero-order valence-electron chi connectivity index (χ0n) is 12.7. The minimum Gasteiger partial charge on any atom is -0.416 e. The van der Waals surface area contributed by atoms with Gasteiger partial charge < -0.3 is 4.43 Å². The van der Waals surface area contributed by atoms with Gasteiger partial charge in [-0.1, -0.05) is 40.5 Å². The first-order chi connectivity index (χ1) is 7.81. The zero-order valence-corrected chi connectivity index (χ0v) is 13.7. The van der Waals surface area contributed by atoms with Crippen LogP contribution in [-0.4, -0.2) is 14.9 Å². The Kier molecular flexibility index (Phi) is 7.82. The third kappa shape index (κ3) is 7.62.